The SMILES string of the molecule is CCCn1nccc1C(O)c1c(C)oc(C)c1C. The minimum Gasteiger partial charge on any atom is -0.466 e. The van der Waals surface area contributed by atoms with Gasteiger partial charge in [-0.2, -0.15) is 5.10 Å². The van der Waals surface area contributed by atoms with Crippen LogP contribution in [-0.2, 0) is 6.54 Å². The zero-order valence-electron chi connectivity index (χ0n) is 11.4. The quantitative estimate of drug-likeness (QED) is 0.905. The van der Waals surface area contributed by atoms with Crippen LogP contribution < -0.4 is 0 Å². The predicted molar refractivity (Wildman–Crippen MR) is 69.5 cm³/mol. The van der Waals surface area contributed by atoms with E-state index in [2.05, 4.69) is 12.0 Å². The van der Waals surface area contributed by atoms with E-state index >= 15 is 0 Å². The van der Waals surface area contributed by atoms with Crippen molar-refractivity contribution in [1.82, 2.24) is 9.78 Å². The smallest absolute Gasteiger partial charge is 0.124 e. The largest absolute Gasteiger partial charge is 0.466 e. The average Bonchev–Trinajstić information content (AvgIpc) is 2.86. The van der Waals surface area contributed by atoms with Gasteiger partial charge in [-0.3, -0.25) is 4.68 Å². The van der Waals surface area contributed by atoms with Gasteiger partial charge in [0.05, 0.1) is 5.69 Å². The number of furan rings is 1. The van der Waals surface area contributed by atoms with Gasteiger partial charge in [0, 0.05) is 18.3 Å². The van der Waals surface area contributed by atoms with Crippen LogP contribution in [0.3, 0.4) is 0 Å². The van der Waals surface area contributed by atoms with E-state index in [1.165, 1.54) is 0 Å². The highest BCUT2D eigenvalue weighted by Crippen LogP contribution is 2.31. The monoisotopic (exact) mass is 248 g/mol. The molecule has 0 aliphatic heterocycles. The van der Waals surface area contributed by atoms with Crippen LogP contribution in [0.4, 0.5) is 0 Å². The Labute approximate surface area is 107 Å². The van der Waals surface area contributed by atoms with E-state index in [-0.39, 0.29) is 0 Å². The van der Waals surface area contributed by atoms with Gasteiger partial charge in [0.25, 0.3) is 0 Å². The number of hydrogen-bond donors (Lipinski definition) is 1. The molecule has 0 spiro atoms. The molecule has 4 heteroatoms. The van der Waals surface area contributed by atoms with E-state index in [1.54, 1.807) is 6.20 Å². The first-order chi connectivity index (χ1) is 8.56. The second kappa shape index (κ2) is 4.98. The molecule has 0 radical (unpaired) electrons. The number of aryl methyl sites for hydroxylation is 3. The summed E-state index contributed by atoms with van der Waals surface area (Å²) < 4.78 is 7.43. The Morgan fingerprint density at radius 2 is 2.06 bits per heavy atom. The molecule has 18 heavy (non-hydrogen) atoms. The summed E-state index contributed by atoms with van der Waals surface area (Å²) >= 11 is 0. The normalized spacial score (nSPS) is 12.9. The molecule has 0 aromatic carbocycles. The molecular formula is C14H20N2O2. The summed E-state index contributed by atoms with van der Waals surface area (Å²) in [5.74, 6) is 1.64. The lowest BCUT2D eigenvalue weighted by atomic mass is 10.0. The lowest BCUT2D eigenvalue weighted by molar-refractivity contribution is 0.204. The molecule has 0 bridgehead atoms. The van der Waals surface area contributed by atoms with Gasteiger partial charge in [-0.05, 0) is 38.8 Å². The molecule has 2 heterocycles. The third-order valence-corrected chi connectivity index (χ3v) is 3.36. The van der Waals surface area contributed by atoms with Crippen LogP contribution >= 0.6 is 0 Å². The highest BCUT2D eigenvalue weighted by Gasteiger charge is 2.23. The van der Waals surface area contributed by atoms with Gasteiger partial charge in [0.2, 0.25) is 0 Å². The van der Waals surface area contributed by atoms with Crippen LogP contribution in [0.1, 0.15) is 47.8 Å². The molecule has 0 aliphatic rings. The minimum absolute atomic E-state index is 0.670. The van der Waals surface area contributed by atoms with Crippen LogP contribution in [0, 0.1) is 20.8 Å². The topological polar surface area (TPSA) is 51.2 Å². The van der Waals surface area contributed by atoms with E-state index in [1.807, 2.05) is 31.5 Å². The third kappa shape index (κ3) is 2.08. The van der Waals surface area contributed by atoms with Crippen molar-refractivity contribution in [3.63, 3.8) is 0 Å². The Kier molecular flexibility index (Phi) is 3.57. The van der Waals surface area contributed by atoms with E-state index in [4.69, 9.17) is 4.42 Å². The highest BCUT2D eigenvalue weighted by molar-refractivity contribution is 5.37. The summed E-state index contributed by atoms with van der Waals surface area (Å²) in [6.07, 6.45) is 2.05. The summed E-state index contributed by atoms with van der Waals surface area (Å²) in [5, 5.41) is 14.8. The van der Waals surface area contributed by atoms with Gasteiger partial charge in [0.1, 0.15) is 17.6 Å². The fourth-order valence-electron chi connectivity index (χ4n) is 2.33. The first-order valence-electron chi connectivity index (χ1n) is 6.32. The van der Waals surface area contributed by atoms with Gasteiger partial charge in [-0.25, -0.2) is 0 Å². The maximum absolute atomic E-state index is 10.5. The van der Waals surface area contributed by atoms with E-state index in [0.29, 0.717) is 0 Å². The standard InChI is InChI=1S/C14H20N2O2/c1-5-8-16-12(6-7-15-16)14(17)13-9(2)10(3)18-11(13)4/h6-7,14,17H,5,8H2,1-4H3. The summed E-state index contributed by atoms with van der Waals surface area (Å²) in [5.41, 5.74) is 2.71. The van der Waals surface area contributed by atoms with Crippen LogP contribution in [0.5, 0.6) is 0 Å². The summed E-state index contributed by atoms with van der Waals surface area (Å²) in [6, 6.07) is 1.86. The summed E-state index contributed by atoms with van der Waals surface area (Å²) in [6.45, 7) is 8.69. The molecule has 1 N–H and O–H groups in total. The molecule has 0 saturated carbocycles. The first kappa shape index (κ1) is 12.9. The van der Waals surface area contributed by atoms with Gasteiger partial charge in [-0.15, -0.1) is 0 Å². The van der Waals surface area contributed by atoms with Crippen molar-refractivity contribution in [3.8, 4) is 0 Å². The van der Waals surface area contributed by atoms with Crippen molar-refractivity contribution in [3.05, 3.63) is 40.6 Å². The molecule has 4 nitrogen and oxygen atoms in total. The number of aliphatic hydroxyl groups excluding tert-OH is 1. The number of nitrogens with zero attached hydrogens (tertiary/aromatic N) is 2. The molecule has 0 fully saturated rings. The molecular weight excluding hydrogens is 228 g/mol. The molecule has 98 valence electrons. The van der Waals surface area contributed by atoms with Crippen LogP contribution in [0.15, 0.2) is 16.7 Å². The zero-order chi connectivity index (χ0) is 13.3. The molecule has 2 aromatic rings. The van der Waals surface area contributed by atoms with Crippen molar-refractivity contribution < 1.29 is 9.52 Å². The highest BCUT2D eigenvalue weighted by atomic mass is 16.3. The maximum Gasteiger partial charge on any atom is 0.124 e. The number of hydrogen-bond acceptors (Lipinski definition) is 3. The lowest BCUT2D eigenvalue weighted by Crippen LogP contribution is -2.11. The number of rotatable bonds is 4. The fourth-order valence-corrected chi connectivity index (χ4v) is 2.33. The Balaban J connectivity index is 2.41. The average molecular weight is 248 g/mol. The molecule has 0 aliphatic carbocycles. The Bertz CT molecular complexity index is 540. The molecule has 2 aromatic heterocycles. The maximum atomic E-state index is 10.5. The van der Waals surface area contributed by atoms with Crippen LogP contribution in [0.2, 0.25) is 0 Å². The molecule has 1 atom stereocenters. The Morgan fingerprint density at radius 1 is 1.33 bits per heavy atom. The first-order valence-corrected chi connectivity index (χ1v) is 6.32. The van der Waals surface area contributed by atoms with Crippen molar-refractivity contribution in [2.45, 2.75) is 46.8 Å². The number of aromatic nitrogens is 2. The summed E-state index contributed by atoms with van der Waals surface area (Å²) in [7, 11) is 0. The van der Waals surface area contributed by atoms with Crippen molar-refractivity contribution in [2.75, 3.05) is 0 Å². The second-order valence-corrected chi connectivity index (χ2v) is 4.63. The van der Waals surface area contributed by atoms with E-state index in [9.17, 15) is 5.11 Å². The second-order valence-electron chi connectivity index (χ2n) is 4.63. The molecule has 1 unspecified atom stereocenters. The van der Waals surface area contributed by atoms with Crippen molar-refractivity contribution in [2.24, 2.45) is 0 Å². The van der Waals surface area contributed by atoms with Crippen LogP contribution in [0.25, 0.3) is 0 Å². The van der Waals surface area contributed by atoms with Gasteiger partial charge in [-0.1, -0.05) is 6.92 Å². The van der Waals surface area contributed by atoms with Crippen molar-refractivity contribution in [1.29, 1.82) is 0 Å². The van der Waals surface area contributed by atoms with E-state index < -0.39 is 6.10 Å². The lowest BCUT2D eigenvalue weighted by Gasteiger charge is -2.13. The fraction of sp³-hybridized carbons (Fsp3) is 0.500. The minimum atomic E-state index is -0.670. The van der Waals surface area contributed by atoms with E-state index in [0.717, 1.165) is 41.3 Å². The Hall–Kier alpha value is -1.55. The zero-order valence-corrected chi connectivity index (χ0v) is 11.4. The summed E-state index contributed by atoms with van der Waals surface area (Å²) in [4.78, 5) is 0. The van der Waals surface area contributed by atoms with Gasteiger partial charge in [0.15, 0.2) is 0 Å². The van der Waals surface area contributed by atoms with Crippen molar-refractivity contribution >= 4 is 0 Å². The van der Waals surface area contributed by atoms with Crippen LogP contribution in [-0.4, -0.2) is 14.9 Å². The Morgan fingerprint density at radius 3 is 2.61 bits per heavy atom. The molecule has 0 saturated heterocycles. The van der Waals surface area contributed by atoms with Gasteiger partial charge < -0.3 is 9.52 Å². The predicted octanol–water partition coefficient (Wildman–Crippen LogP) is 2.89. The molecule has 2 rings (SSSR count). The van der Waals surface area contributed by atoms with Gasteiger partial charge >= 0.3 is 0 Å². The third-order valence-electron chi connectivity index (χ3n) is 3.36. The molecule has 0 amide bonds. The number of aliphatic hydroxyl groups is 1.